The molecule has 1 amide bonds. The maximum absolute atomic E-state index is 12.5. The van der Waals surface area contributed by atoms with E-state index in [2.05, 4.69) is 21.2 Å². The summed E-state index contributed by atoms with van der Waals surface area (Å²) in [5.41, 5.74) is 1.58. The van der Waals surface area contributed by atoms with Crippen molar-refractivity contribution in [3.63, 3.8) is 0 Å². The summed E-state index contributed by atoms with van der Waals surface area (Å²) in [6.45, 7) is 0.365. The van der Waals surface area contributed by atoms with Crippen LogP contribution in [0.15, 0.2) is 71.2 Å². The number of amides is 1. The molecule has 7 heteroatoms. The summed E-state index contributed by atoms with van der Waals surface area (Å²) in [7, 11) is 1.61. The first-order chi connectivity index (χ1) is 14.0. The third-order valence-electron chi connectivity index (χ3n) is 4.12. The number of hydrogen-bond donors (Lipinski definition) is 2. The van der Waals surface area contributed by atoms with Gasteiger partial charge in [0.25, 0.3) is 5.91 Å². The topological polar surface area (TPSA) is 84.9 Å². The number of carboxylic acid groups (broad SMARTS) is 1. The Bertz CT molecular complexity index is 1030. The number of anilines is 1. The number of benzene rings is 3. The highest BCUT2D eigenvalue weighted by molar-refractivity contribution is 9.10. The van der Waals surface area contributed by atoms with E-state index >= 15 is 0 Å². The van der Waals surface area contributed by atoms with Gasteiger partial charge in [0.15, 0.2) is 0 Å². The summed E-state index contributed by atoms with van der Waals surface area (Å²) in [6, 6.07) is 18.8. The molecule has 0 aromatic heterocycles. The molecule has 0 saturated heterocycles. The van der Waals surface area contributed by atoms with Gasteiger partial charge in [0.05, 0.1) is 18.4 Å². The van der Waals surface area contributed by atoms with Gasteiger partial charge in [-0.1, -0.05) is 28.1 Å². The molecule has 2 N–H and O–H groups in total. The molecule has 3 aromatic carbocycles. The summed E-state index contributed by atoms with van der Waals surface area (Å²) in [6.07, 6.45) is 0. The first kappa shape index (κ1) is 20.4. The van der Waals surface area contributed by atoms with Gasteiger partial charge in [0, 0.05) is 10.0 Å². The summed E-state index contributed by atoms with van der Waals surface area (Å²) < 4.78 is 11.5. The van der Waals surface area contributed by atoms with Gasteiger partial charge in [-0.25, -0.2) is 4.79 Å². The van der Waals surface area contributed by atoms with Crippen molar-refractivity contribution < 1.29 is 24.2 Å². The first-order valence-electron chi connectivity index (χ1n) is 8.66. The normalized spacial score (nSPS) is 10.3. The van der Waals surface area contributed by atoms with Crippen molar-refractivity contribution in [3.05, 3.63) is 87.9 Å². The van der Waals surface area contributed by atoms with E-state index in [9.17, 15) is 14.7 Å². The molecular formula is C22H18BrNO5. The van der Waals surface area contributed by atoms with Crippen LogP contribution in [0, 0.1) is 0 Å². The highest BCUT2D eigenvalue weighted by atomic mass is 79.9. The molecule has 3 aromatic rings. The molecule has 0 radical (unpaired) electrons. The van der Waals surface area contributed by atoms with Crippen LogP contribution in [0.1, 0.15) is 26.3 Å². The molecule has 6 nitrogen and oxygen atoms in total. The molecule has 0 atom stereocenters. The van der Waals surface area contributed by atoms with Crippen LogP contribution < -0.4 is 14.8 Å². The Kier molecular flexibility index (Phi) is 6.51. The number of carbonyl (C=O) groups excluding carboxylic acids is 1. The van der Waals surface area contributed by atoms with Gasteiger partial charge in [-0.2, -0.15) is 0 Å². The van der Waals surface area contributed by atoms with E-state index in [1.165, 1.54) is 12.1 Å². The zero-order chi connectivity index (χ0) is 20.8. The molecule has 0 unspecified atom stereocenters. The Morgan fingerprint density at radius 1 is 1.00 bits per heavy atom. The Morgan fingerprint density at radius 3 is 2.45 bits per heavy atom. The number of ether oxygens (including phenoxy) is 2. The van der Waals surface area contributed by atoms with Gasteiger partial charge in [-0.05, 0) is 60.2 Å². The first-order valence-corrected chi connectivity index (χ1v) is 9.45. The Balaban J connectivity index is 1.65. The Morgan fingerprint density at radius 2 is 1.76 bits per heavy atom. The summed E-state index contributed by atoms with van der Waals surface area (Å²) in [5.74, 6) is -0.164. The molecule has 0 saturated carbocycles. The van der Waals surface area contributed by atoms with Gasteiger partial charge in [-0.3, -0.25) is 4.79 Å². The maximum Gasteiger partial charge on any atom is 0.337 e. The zero-order valence-corrected chi connectivity index (χ0v) is 17.1. The van der Waals surface area contributed by atoms with Crippen LogP contribution in [0.2, 0.25) is 0 Å². The summed E-state index contributed by atoms with van der Waals surface area (Å²) in [4.78, 5) is 23.8. The van der Waals surface area contributed by atoms with Crippen molar-refractivity contribution in [3.8, 4) is 11.5 Å². The number of aromatic carboxylic acids is 1. The van der Waals surface area contributed by atoms with Crippen LogP contribution >= 0.6 is 15.9 Å². The number of methoxy groups -OCH3 is 1. The molecule has 3 rings (SSSR count). The zero-order valence-electron chi connectivity index (χ0n) is 15.5. The van der Waals surface area contributed by atoms with Crippen molar-refractivity contribution in [2.45, 2.75) is 6.61 Å². The molecule has 0 bridgehead atoms. The lowest BCUT2D eigenvalue weighted by atomic mass is 10.1. The molecule has 0 aliphatic heterocycles. The van der Waals surface area contributed by atoms with Crippen molar-refractivity contribution in [2.75, 3.05) is 12.4 Å². The molecule has 0 aliphatic carbocycles. The average Bonchev–Trinajstić information content (AvgIpc) is 2.73. The van der Waals surface area contributed by atoms with Crippen molar-refractivity contribution in [2.24, 2.45) is 0 Å². The predicted octanol–water partition coefficient (Wildman–Crippen LogP) is 4.99. The van der Waals surface area contributed by atoms with Crippen LogP contribution in [0.25, 0.3) is 0 Å². The fourth-order valence-corrected chi connectivity index (χ4v) is 2.99. The molecule has 0 aliphatic rings. The van der Waals surface area contributed by atoms with E-state index in [1.807, 2.05) is 24.3 Å². The van der Waals surface area contributed by atoms with E-state index in [1.54, 1.807) is 37.4 Å². The van der Waals surface area contributed by atoms with Gasteiger partial charge in [0.2, 0.25) is 0 Å². The van der Waals surface area contributed by atoms with Gasteiger partial charge >= 0.3 is 5.97 Å². The SMILES string of the molecule is COc1cccc(COc2ccc(C(=O)Nc3ccc(Br)cc3C(=O)O)cc2)c1. The summed E-state index contributed by atoms with van der Waals surface area (Å²) in [5, 5.41) is 11.9. The van der Waals surface area contributed by atoms with Gasteiger partial charge in [-0.15, -0.1) is 0 Å². The number of nitrogens with one attached hydrogen (secondary N) is 1. The van der Waals surface area contributed by atoms with Gasteiger partial charge < -0.3 is 19.9 Å². The molecule has 0 spiro atoms. The highest BCUT2D eigenvalue weighted by Crippen LogP contribution is 2.22. The quantitative estimate of drug-likeness (QED) is 0.524. The van der Waals surface area contributed by atoms with E-state index in [0.29, 0.717) is 22.4 Å². The molecule has 148 valence electrons. The predicted molar refractivity (Wildman–Crippen MR) is 113 cm³/mol. The highest BCUT2D eigenvalue weighted by Gasteiger charge is 2.14. The maximum atomic E-state index is 12.5. The number of carboxylic acids is 1. The van der Waals surface area contributed by atoms with Crippen molar-refractivity contribution in [1.29, 1.82) is 0 Å². The average molecular weight is 456 g/mol. The van der Waals surface area contributed by atoms with E-state index in [0.717, 1.165) is 11.3 Å². The second kappa shape index (κ2) is 9.25. The van der Waals surface area contributed by atoms with Crippen molar-refractivity contribution in [1.82, 2.24) is 0 Å². The lowest BCUT2D eigenvalue weighted by Gasteiger charge is -2.10. The Labute approximate surface area is 176 Å². The number of hydrogen-bond acceptors (Lipinski definition) is 4. The van der Waals surface area contributed by atoms with Crippen LogP contribution in [0.5, 0.6) is 11.5 Å². The largest absolute Gasteiger partial charge is 0.497 e. The fraction of sp³-hybridized carbons (Fsp3) is 0.0909. The lowest BCUT2D eigenvalue weighted by Crippen LogP contribution is -2.14. The monoisotopic (exact) mass is 455 g/mol. The number of rotatable bonds is 7. The van der Waals surface area contributed by atoms with Crippen LogP contribution in [-0.2, 0) is 6.61 Å². The molecule has 29 heavy (non-hydrogen) atoms. The minimum absolute atomic E-state index is 0.00553. The smallest absolute Gasteiger partial charge is 0.337 e. The van der Waals surface area contributed by atoms with E-state index in [4.69, 9.17) is 9.47 Å². The minimum atomic E-state index is -1.12. The van der Waals surface area contributed by atoms with Crippen LogP contribution in [0.4, 0.5) is 5.69 Å². The minimum Gasteiger partial charge on any atom is -0.497 e. The van der Waals surface area contributed by atoms with Crippen LogP contribution in [0.3, 0.4) is 0 Å². The summed E-state index contributed by atoms with van der Waals surface area (Å²) >= 11 is 3.23. The van der Waals surface area contributed by atoms with Crippen LogP contribution in [-0.4, -0.2) is 24.1 Å². The standard InChI is InChI=1S/C22H18BrNO5/c1-28-18-4-2-3-14(11-18)13-29-17-8-5-15(6-9-17)21(25)24-20-10-7-16(23)12-19(20)22(26)27/h2-12H,13H2,1H3,(H,24,25)(H,26,27). The molecular weight excluding hydrogens is 438 g/mol. The molecule has 0 heterocycles. The van der Waals surface area contributed by atoms with E-state index in [-0.39, 0.29) is 11.3 Å². The molecule has 0 fully saturated rings. The fourth-order valence-electron chi connectivity index (χ4n) is 2.63. The number of halogens is 1. The lowest BCUT2D eigenvalue weighted by molar-refractivity contribution is 0.0698. The Hall–Kier alpha value is -3.32. The van der Waals surface area contributed by atoms with E-state index < -0.39 is 11.9 Å². The number of carbonyl (C=O) groups is 2. The van der Waals surface area contributed by atoms with Gasteiger partial charge in [0.1, 0.15) is 18.1 Å². The third kappa shape index (κ3) is 5.36. The van der Waals surface area contributed by atoms with Crippen molar-refractivity contribution >= 4 is 33.5 Å². The second-order valence-corrected chi connectivity index (χ2v) is 7.03. The third-order valence-corrected chi connectivity index (χ3v) is 4.61. The second-order valence-electron chi connectivity index (χ2n) is 6.11.